The molecular formula is C22H25F4N3O3S. The minimum Gasteiger partial charge on any atom is -0.356 e. The summed E-state index contributed by atoms with van der Waals surface area (Å²) in [5.41, 5.74) is 0.230. The Hall–Kier alpha value is -2.53. The van der Waals surface area contributed by atoms with Crippen LogP contribution in [-0.4, -0.2) is 38.0 Å². The van der Waals surface area contributed by atoms with Crippen molar-refractivity contribution < 1.29 is 30.8 Å². The first-order chi connectivity index (χ1) is 15.4. The molecule has 0 aliphatic carbocycles. The third-order valence-corrected chi connectivity index (χ3v) is 6.27. The minimum absolute atomic E-state index is 0.0422. The highest BCUT2D eigenvalue weighted by Gasteiger charge is 2.34. The van der Waals surface area contributed by atoms with Crippen LogP contribution in [-0.2, 0) is 40.3 Å². The molecule has 0 bridgehead atoms. The minimum atomic E-state index is -4.55. The van der Waals surface area contributed by atoms with E-state index in [-0.39, 0.29) is 48.6 Å². The third-order valence-electron chi connectivity index (χ3n) is 5.50. The van der Waals surface area contributed by atoms with Gasteiger partial charge >= 0.3 is 6.18 Å². The van der Waals surface area contributed by atoms with Crippen molar-refractivity contribution in [2.24, 2.45) is 5.14 Å². The molecule has 3 rings (SSSR count). The van der Waals surface area contributed by atoms with Crippen molar-refractivity contribution in [2.45, 2.75) is 44.7 Å². The van der Waals surface area contributed by atoms with Crippen LogP contribution in [0.3, 0.4) is 0 Å². The summed E-state index contributed by atoms with van der Waals surface area (Å²) in [7, 11) is -3.71. The van der Waals surface area contributed by atoms with Crippen molar-refractivity contribution in [1.29, 1.82) is 0 Å². The second kappa shape index (κ2) is 10.2. The largest absolute Gasteiger partial charge is 0.433 e. The first-order valence-corrected chi connectivity index (χ1v) is 12.3. The van der Waals surface area contributed by atoms with Crippen LogP contribution in [0.25, 0.3) is 0 Å². The monoisotopic (exact) mass is 487 g/mol. The second-order valence-electron chi connectivity index (χ2n) is 8.13. The van der Waals surface area contributed by atoms with Crippen molar-refractivity contribution in [3.05, 3.63) is 58.5 Å². The number of halogens is 4. The van der Waals surface area contributed by atoms with Crippen LogP contribution in [0.5, 0.6) is 0 Å². The first kappa shape index (κ1) is 25.1. The van der Waals surface area contributed by atoms with Crippen LogP contribution in [0, 0.1) is 5.82 Å². The maximum absolute atomic E-state index is 14.2. The van der Waals surface area contributed by atoms with Gasteiger partial charge in [-0.2, -0.15) is 13.2 Å². The fourth-order valence-electron chi connectivity index (χ4n) is 3.78. The molecule has 1 fully saturated rings. The Morgan fingerprint density at radius 1 is 1.06 bits per heavy atom. The molecule has 180 valence electrons. The molecule has 11 heteroatoms. The maximum atomic E-state index is 14.2. The Morgan fingerprint density at radius 3 is 2.33 bits per heavy atom. The van der Waals surface area contributed by atoms with Gasteiger partial charge in [0, 0.05) is 25.9 Å². The van der Waals surface area contributed by atoms with E-state index in [1.807, 2.05) is 4.90 Å². The molecule has 0 amide bonds. The van der Waals surface area contributed by atoms with Crippen molar-refractivity contribution in [3.8, 4) is 0 Å². The number of alkyl halides is 3. The second-order valence-corrected chi connectivity index (χ2v) is 9.86. The van der Waals surface area contributed by atoms with Crippen LogP contribution in [0.1, 0.15) is 41.6 Å². The van der Waals surface area contributed by atoms with Crippen molar-refractivity contribution in [2.75, 3.05) is 23.7 Å². The van der Waals surface area contributed by atoms with Crippen LogP contribution < -0.4 is 10.0 Å². The molecule has 1 aliphatic rings. The number of rotatable bonds is 9. The predicted molar refractivity (Wildman–Crippen MR) is 116 cm³/mol. The topological polar surface area (TPSA) is 93.4 Å². The molecule has 33 heavy (non-hydrogen) atoms. The highest BCUT2D eigenvalue weighted by molar-refractivity contribution is 7.89. The molecule has 0 atom stereocenters. The number of nitrogens with two attached hydrogens (primary N) is 1. The number of aryl methyl sites for hydroxylation is 2. The number of Topliss-reactive ketones (excluding diaryl/α,β-unsaturated/α-hetero) is 1. The number of pyridine rings is 1. The van der Waals surface area contributed by atoms with Gasteiger partial charge in [0.25, 0.3) is 0 Å². The van der Waals surface area contributed by atoms with E-state index in [1.54, 1.807) is 6.07 Å². The molecule has 1 aromatic heterocycles. The zero-order valence-electron chi connectivity index (χ0n) is 17.9. The molecule has 2 aromatic rings. The molecule has 0 radical (unpaired) electrons. The number of sulfonamides is 1. The number of hydrogen-bond donors (Lipinski definition) is 1. The standard InChI is InChI=1S/C22H25F4N3O3S/c23-19-14-15(3-4-16(19)9-12-33(27,31)32)13-18(30)7-5-17-6-8-20(22(24,25)26)28-21(17)29-10-1-2-11-29/h3-4,6,8,14H,1-2,5,7,9-13H2,(H2,27,31,32). The van der Waals surface area contributed by atoms with Gasteiger partial charge in [0.2, 0.25) is 10.0 Å². The van der Waals surface area contributed by atoms with E-state index < -0.39 is 27.7 Å². The molecular weight excluding hydrogens is 462 g/mol. The number of carbonyl (C=O) groups excluding carboxylic acids is 1. The number of ketones is 1. The zero-order chi connectivity index (χ0) is 24.2. The van der Waals surface area contributed by atoms with Crippen LogP contribution in [0.4, 0.5) is 23.4 Å². The molecule has 0 unspecified atom stereocenters. The van der Waals surface area contributed by atoms with Crippen molar-refractivity contribution in [1.82, 2.24) is 4.98 Å². The summed E-state index contributed by atoms with van der Waals surface area (Å²) in [6.45, 7) is 1.23. The van der Waals surface area contributed by atoms with Gasteiger partial charge in [-0.3, -0.25) is 4.79 Å². The number of aromatic nitrogens is 1. The number of hydrogen-bond acceptors (Lipinski definition) is 5. The number of primary sulfonamides is 1. The number of anilines is 1. The van der Waals surface area contributed by atoms with E-state index in [0.29, 0.717) is 24.2 Å². The Balaban J connectivity index is 1.65. The Kier molecular flexibility index (Phi) is 7.73. The molecule has 2 N–H and O–H groups in total. The smallest absolute Gasteiger partial charge is 0.356 e. The summed E-state index contributed by atoms with van der Waals surface area (Å²) in [5.74, 6) is -0.936. The Morgan fingerprint density at radius 2 is 1.73 bits per heavy atom. The number of carbonyl (C=O) groups is 1. The van der Waals surface area contributed by atoms with E-state index in [2.05, 4.69) is 4.98 Å². The highest BCUT2D eigenvalue weighted by Crippen LogP contribution is 2.32. The predicted octanol–water partition coefficient (Wildman–Crippen LogP) is 3.42. The Labute approximate surface area is 189 Å². The van der Waals surface area contributed by atoms with Crippen LogP contribution in [0.2, 0.25) is 0 Å². The van der Waals surface area contributed by atoms with Gasteiger partial charge < -0.3 is 4.90 Å². The normalized spacial score (nSPS) is 14.6. The van der Waals surface area contributed by atoms with Gasteiger partial charge in [-0.25, -0.2) is 22.9 Å². The van der Waals surface area contributed by atoms with Gasteiger partial charge in [-0.15, -0.1) is 0 Å². The maximum Gasteiger partial charge on any atom is 0.433 e. The zero-order valence-corrected chi connectivity index (χ0v) is 18.7. The van der Waals surface area contributed by atoms with Crippen molar-refractivity contribution >= 4 is 21.6 Å². The van der Waals surface area contributed by atoms with E-state index in [0.717, 1.165) is 18.9 Å². The van der Waals surface area contributed by atoms with Crippen LogP contribution in [0.15, 0.2) is 30.3 Å². The molecule has 1 aromatic carbocycles. The summed E-state index contributed by atoms with van der Waals surface area (Å²) in [4.78, 5) is 18.1. The average molecular weight is 488 g/mol. The fraction of sp³-hybridized carbons (Fsp3) is 0.455. The Bertz CT molecular complexity index is 1110. The molecule has 1 saturated heterocycles. The highest BCUT2D eigenvalue weighted by atomic mass is 32.2. The first-order valence-electron chi connectivity index (χ1n) is 10.5. The number of benzene rings is 1. The average Bonchev–Trinajstić information content (AvgIpc) is 3.25. The van der Waals surface area contributed by atoms with Crippen molar-refractivity contribution in [3.63, 3.8) is 0 Å². The summed E-state index contributed by atoms with van der Waals surface area (Å²) >= 11 is 0. The summed E-state index contributed by atoms with van der Waals surface area (Å²) in [5, 5.41) is 4.93. The number of nitrogens with zero attached hydrogens (tertiary/aromatic N) is 2. The fourth-order valence-corrected chi connectivity index (χ4v) is 4.28. The molecule has 0 saturated carbocycles. The van der Waals surface area contributed by atoms with Gasteiger partial charge in [-0.05, 0) is 54.5 Å². The molecule has 6 nitrogen and oxygen atoms in total. The lowest BCUT2D eigenvalue weighted by Gasteiger charge is -2.21. The van der Waals surface area contributed by atoms with E-state index in [1.165, 1.54) is 18.2 Å². The SMILES string of the molecule is NS(=O)(=O)CCc1ccc(CC(=O)CCc2ccc(C(F)(F)F)nc2N2CCCC2)cc1F. The third kappa shape index (κ3) is 7.23. The lowest BCUT2D eigenvalue weighted by atomic mass is 10.0. The van der Waals surface area contributed by atoms with Gasteiger partial charge in [0.05, 0.1) is 5.75 Å². The van der Waals surface area contributed by atoms with Crippen LogP contribution >= 0.6 is 0 Å². The summed E-state index contributed by atoms with van der Waals surface area (Å²) in [6.07, 6.45) is -2.62. The van der Waals surface area contributed by atoms with Gasteiger partial charge in [-0.1, -0.05) is 18.2 Å². The lowest BCUT2D eigenvalue weighted by molar-refractivity contribution is -0.141. The van der Waals surface area contributed by atoms with E-state index in [9.17, 15) is 30.8 Å². The van der Waals surface area contributed by atoms with E-state index in [4.69, 9.17) is 5.14 Å². The van der Waals surface area contributed by atoms with Gasteiger partial charge in [0.1, 0.15) is 23.1 Å². The van der Waals surface area contributed by atoms with E-state index >= 15 is 0 Å². The summed E-state index contributed by atoms with van der Waals surface area (Å²) < 4.78 is 75.6. The lowest BCUT2D eigenvalue weighted by Crippen LogP contribution is -2.23. The van der Waals surface area contributed by atoms with Gasteiger partial charge in [0.15, 0.2) is 0 Å². The molecule has 2 heterocycles. The summed E-state index contributed by atoms with van der Waals surface area (Å²) in [6, 6.07) is 6.46. The quantitative estimate of drug-likeness (QED) is 0.547. The molecule has 1 aliphatic heterocycles. The molecule has 0 spiro atoms.